The summed E-state index contributed by atoms with van der Waals surface area (Å²) in [6, 6.07) is 12.3. The Morgan fingerprint density at radius 2 is 1.84 bits per heavy atom. The normalized spacial score (nSPS) is 25.2. The number of benzene rings is 1. The Kier molecular flexibility index (Phi) is 9.17. The minimum Gasteiger partial charge on any atom is -0.357 e. The molecule has 2 aliphatic rings. The van der Waals surface area contributed by atoms with Crippen LogP contribution in [0.5, 0.6) is 0 Å². The van der Waals surface area contributed by atoms with Gasteiger partial charge in [0.25, 0.3) is 0 Å². The molecule has 6 heteroatoms. The molecule has 3 unspecified atom stereocenters. The quantitative estimate of drug-likeness (QED) is 0.492. The first-order valence-corrected chi connectivity index (χ1v) is 12.2. The van der Waals surface area contributed by atoms with Crippen molar-refractivity contribution in [1.29, 1.82) is 0 Å². The second kappa shape index (κ2) is 11.8. The highest BCUT2D eigenvalue weighted by atomic mass is 15.3. The van der Waals surface area contributed by atoms with Crippen molar-refractivity contribution >= 4 is 5.96 Å². The standard InChI is InChI=1S/C25H44N6/c1-6-26-25(27-17-24(20(2)3)30-14-12-29(5)13-15-30)28-23-16-21(4)31(19-23)18-22-10-8-7-9-11-22/h7-11,20-21,23-24H,6,12-19H2,1-5H3,(H2,26,27,28). The van der Waals surface area contributed by atoms with Gasteiger partial charge in [-0.15, -0.1) is 0 Å². The van der Waals surface area contributed by atoms with E-state index in [1.165, 1.54) is 5.56 Å². The molecule has 0 spiro atoms. The van der Waals surface area contributed by atoms with Gasteiger partial charge >= 0.3 is 0 Å². The second-order valence-electron chi connectivity index (χ2n) is 9.71. The molecule has 0 aromatic heterocycles. The molecule has 0 amide bonds. The van der Waals surface area contributed by atoms with Crippen LogP contribution in [0.1, 0.15) is 39.7 Å². The Balaban J connectivity index is 1.57. The Labute approximate surface area is 190 Å². The molecule has 6 nitrogen and oxygen atoms in total. The van der Waals surface area contributed by atoms with Gasteiger partial charge in [-0.05, 0) is 38.8 Å². The third-order valence-electron chi connectivity index (χ3n) is 6.83. The van der Waals surface area contributed by atoms with Gasteiger partial charge in [0.05, 0.1) is 6.54 Å². The first-order valence-electron chi connectivity index (χ1n) is 12.2. The number of likely N-dealkylation sites (tertiary alicyclic amines) is 1. The molecule has 0 saturated carbocycles. The van der Waals surface area contributed by atoms with Gasteiger partial charge in [0.2, 0.25) is 0 Å². The fourth-order valence-electron chi connectivity index (χ4n) is 4.84. The summed E-state index contributed by atoms with van der Waals surface area (Å²) in [6.07, 6.45) is 1.16. The van der Waals surface area contributed by atoms with E-state index >= 15 is 0 Å². The topological polar surface area (TPSA) is 46.1 Å². The van der Waals surface area contributed by atoms with Crippen LogP contribution in [0.4, 0.5) is 0 Å². The lowest BCUT2D eigenvalue weighted by atomic mass is 10.0. The highest BCUT2D eigenvalue weighted by molar-refractivity contribution is 5.80. The van der Waals surface area contributed by atoms with Crippen molar-refractivity contribution in [3.05, 3.63) is 35.9 Å². The lowest BCUT2D eigenvalue weighted by Gasteiger charge is -2.39. The maximum atomic E-state index is 5.05. The average molecular weight is 429 g/mol. The van der Waals surface area contributed by atoms with Crippen molar-refractivity contribution < 1.29 is 0 Å². The highest BCUT2D eigenvalue weighted by Gasteiger charge is 2.30. The number of hydrogen-bond donors (Lipinski definition) is 2. The highest BCUT2D eigenvalue weighted by Crippen LogP contribution is 2.20. The van der Waals surface area contributed by atoms with Crippen molar-refractivity contribution in [2.24, 2.45) is 10.9 Å². The predicted octanol–water partition coefficient (Wildman–Crippen LogP) is 2.48. The molecule has 1 aromatic rings. The average Bonchev–Trinajstić information content (AvgIpc) is 3.08. The summed E-state index contributed by atoms with van der Waals surface area (Å²) in [7, 11) is 2.22. The molecular formula is C25H44N6. The number of nitrogens with zero attached hydrogens (tertiary/aromatic N) is 4. The number of aliphatic imine (C=N–C) groups is 1. The van der Waals surface area contributed by atoms with Crippen LogP contribution in [0.15, 0.2) is 35.3 Å². The Morgan fingerprint density at radius 3 is 2.48 bits per heavy atom. The van der Waals surface area contributed by atoms with Gasteiger partial charge < -0.3 is 15.5 Å². The zero-order valence-corrected chi connectivity index (χ0v) is 20.3. The summed E-state index contributed by atoms with van der Waals surface area (Å²) >= 11 is 0. The molecule has 174 valence electrons. The SMILES string of the molecule is CCNC(=NCC(C(C)C)N1CCN(C)CC1)NC1CC(C)N(Cc2ccccc2)C1. The Bertz CT molecular complexity index is 668. The molecule has 0 bridgehead atoms. The van der Waals surface area contributed by atoms with E-state index in [0.717, 1.165) is 64.7 Å². The number of guanidine groups is 1. The van der Waals surface area contributed by atoms with Gasteiger partial charge in [-0.2, -0.15) is 0 Å². The van der Waals surface area contributed by atoms with E-state index in [2.05, 4.69) is 90.4 Å². The zero-order chi connectivity index (χ0) is 22.2. The third kappa shape index (κ3) is 7.19. The molecule has 3 atom stereocenters. The second-order valence-corrected chi connectivity index (χ2v) is 9.71. The maximum absolute atomic E-state index is 5.05. The van der Waals surface area contributed by atoms with E-state index in [1.807, 2.05) is 0 Å². The molecule has 0 radical (unpaired) electrons. The van der Waals surface area contributed by atoms with Crippen molar-refractivity contribution in [3.63, 3.8) is 0 Å². The molecule has 2 aliphatic heterocycles. The fraction of sp³-hybridized carbons (Fsp3) is 0.720. The van der Waals surface area contributed by atoms with Crippen LogP contribution in [0, 0.1) is 5.92 Å². The molecule has 2 fully saturated rings. The van der Waals surface area contributed by atoms with Crippen molar-refractivity contribution in [1.82, 2.24) is 25.3 Å². The zero-order valence-electron chi connectivity index (χ0n) is 20.3. The van der Waals surface area contributed by atoms with Gasteiger partial charge in [-0.1, -0.05) is 44.2 Å². The molecule has 2 saturated heterocycles. The van der Waals surface area contributed by atoms with Crippen LogP contribution in [-0.4, -0.2) is 91.6 Å². The molecule has 0 aliphatic carbocycles. The monoisotopic (exact) mass is 428 g/mol. The van der Waals surface area contributed by atoms with E-state index in [-0.39, 0.29) is 0 Å². The third-order valence-corrected chi connectivity index (χ3v) is 6.83. The number of nitrogens with one attached hydrogen (secondary N) is 2. The summed E-state index contributed by atoms with van der Waals surface area (Å²) in [4.78, 5) is 12.7. The van der Waals surface area contributed by atoms with E-state index in [0.29, 0.717) is 24.0 Å². The first-order chi connectivity index (χ1) is 15.0. The number of piperazine rings is 1. The molecular weight excluding hydrogens is 384 g/mol. The van der Waals surface area contributed by atoms with Crippen LogP contribution < -0.4 is 10.6 Å². The summed E-state index contributed by atoms with van der Waals surface area (Å²) in [6.45, 7) is 17.6. The first kappa shape index (κ1) is 24.0. The molecule has 2 N–H and O–H groups in total. The van der Waals surface area contributed by atoms with Crippen LogP contribution >= 0.6 is 0 Å². The fourth-order valence-corrected chi connectivity index (χ4v) is 4.84. The summed E-state index contributed by atoms with van der Waals surface area (Å²) in [5, 5.41) is 7.22. The van der Waals surface area contributed by atoms with Crippen LogP contribution in [0.25, 0.3) is 0 Å². The maximum Gasteiger partial charge on any atom is 0.191 e. The molecule has 31 heavy (non-hydrogen) atoms. The largest absolute Gasteiger partial charge is 0.357 e. The van der Waals surface area contributed by atoms with Crippen molar-refractivity contribution in [2.45, 2.75) is 58.8 Å². The van der Waals surface area contributed by atoms with Gasteiger partial charge in [0.15, 0.2) is 5.96 Å². The van der Waals surface area contributed by atoms with E-state index < -0.39 is 0 Å². The lowest BCUT2D eigenvalue weighted by molar-refractivity contribution is 0.0925. The van der Waals surface area contributed by atoms with Gasteiger partial charge in [-0.25, -0.2) is 0 Å². The van der Waals surface area contributed by atoms with E-state index in [9.17, 15) is 0 Å². The van der Waals surface area contributed by atoms with E-state index in [4.69, 9.17) is 4.99 Å². The lowest BCUT2D eigenvalue weighted by Crippen LogP contribution is -2.52. The molecule has 1 aromatic carbocycles. The number of rotatable bonds is 8. The van der Waals surface area contributed by atoms with Gasteiger partial charge in [-0.3, -0.25) is 14.8 Å². The minimum absolute atomic E-state index is 0.442. The molecule has 3 rings (SSSR count). The summed E-state index contributed by atoms with van der Waals surface area (Å²) in [5.41, 5.74) is 1.39. The van der Waals surface area contributed by atoms with E-state index in [1.54, 1.807) is 0 Å². The number of hydrogen-bond acceptors (Lipinski definition) is 4. The van der Waals surface area contributed by atoms with Gasteiger partial charge in [0, 0.05) is 63.9 Å². The van der Waals surface area contributed by atoms with Crippen molar-refractivity contribution in [2.75, 3.05) is 52.9 Å². The van der Waals surface area contributed by atoms with Crippen LogP contribution in [0.2, 0.25) is 0 Å². The molecule has 2 heterocycles. The summed E-state index contributed by atoms with van der Waals surface area (Å²) in [5.74, 6) is 1.57. The Morgan fingerprint density at radius 1 is 1.13 bits per heavy atom. The van der Waals surface area contributed by atoms with Crippen LogP contribution in [-0.2, 0) is 6.54 Å². The van der Waals surface area contributed by atoms with Crippen LogP contribution in [0.3, 0.4) is 0 Å². The Hall–Kier alpha value is -1.63. The summed E-state index contributed by atoms with van der Waals surface area (Å²) < 4.78 is 0. The predicted molar refractivity (Wildman–Crippen MR) is 132 cm³/mol. The van der Waals surface area contributed by atoms with Gasteiger partial charge in [0.1, 0.15) is 0 Å². The van der Waals surface area contributed by atoms with Crippen molar-refractivity contribution in [3.8, 4) is 0 Å². The minimum atomic E-state index is 0.442. The number of likely N-dealkylation sites (N-methyl/N-ethyl adjacent to an activating group) is 1. The smallest absolute Gasteiger partial charge is 0.191 e.